The van der Waals surface area contributed by atoms with Crippen molar-refractivity contribution in [3.05, 3.63) is 53.0 Å². The molecule has 0 radical (unpaired) electrons. The van der Waals surface area contributed by atoms with Gasteiger partial charge in [-0.2, -0.15) is 0 Å². The summed E-state index contributed by atoms with van der Waals surface area (Å²) in [5.74, 6) is -0.241. The summed E-state index contributed by atoms with van der Waals surface area (Å²) in [6.07, 6.45) is 3.39. The van der Waals surface area contributed by atoms with Gasteiger partial charge in [-0.3, -0.25) is 4.98 Å². The second kappa shape index (κ2) is 4.40. The van der Waals surface area contributed by atoms with Crippen molar-refractivity contribution in [2.45, 2.75) is 0 Å². The first-order valence-electron chi connectivity index (χ1n) is 4.38. The first-order chi connectivity index (χ1) is 7.25. The van der Waals surface area contributed by atoms with Crippen LogP contribution in [0.4, 0.5) is 15.8 Å². The summed E-state index contributed by atoms with van der Waals surface area (Å²) in [5, 5.41) is 3.15. The van der Waals surface area contributed by atoms with Gasteiger partial charge in [0, 0.05) is 18.1 Å². The molecule has 0 fully saturated rings. The third-order valence-corrected chi connectivity index (χ3v) is 2.53. The number of aromatic nitrogens is 1. The van der Waals surface area contributed by atoms with Gasteiger partial charge in [-0.25, -0.2) is 4.39 Å². The molecule has 2 aromatic rings. The van der Waals surface area contributed by atoms with Gasteiger partial charge in [0.1, 0.15) is 5.82 Å². The van der Waals surface area contributed by atoms with E-state index in [2.05, 4.69) is 26.2 Å². The minimum atomic E-state index is -0.241. The quantitative estimate of drug-likeness (QED) is 0.896. The zero-order chi connectivity index (χ0) is 10.7. The highest BCUT2D eigenvalue weighted by Crippen LogP contribution is 2.24. The van der Waals surface area contributed by atoms with Crippen molar-refractivity contribution in [3.8, 4) is 0 Å². The van der Waals surface area contributed by atoms with E-state index in [4.69, 9.17) is 0 Å². The topological polar surface area (TPSA) is 24.9 Å². The number of rotatable bonds is 2. The molecule has 4 heteroatoms. The maximum absolute atomic E-state index is 12.7. The molecule has 1 aromatic heterocycles. The summed E-state index contributed by atoms with van der Waals surface area (Å²) in [4.78, 5) is 3.95. The molecule has 0 unspecified atom stereocenters. The van der Waals surface area contributed by atoms with E-state index in [0.29, 0.717) is 0 Å². The van der Waals surface area contributed by atoms with Crippen LogP contribution in [0.2, 0.25) is 0 Å². The van der Waals surface area contributed by atoms with Crippen LogP contribution in [0.1, 0.15) is 0 Å². The van der Waals surface area contributed by atoms with E-state index in [1.807, 2.05) is 6.07 Å². The average molecular weight is 267 g/mol. The highest BCUT2D eigenvalue weighted by molar-refractivity contribution is 9.10. The van der Waals surface area contributed by atoms with Crippen molar-refractivity contribution in [1.29, 1.82) is 0 Å². The van der Waals surface area contributed by atoms with Crippen molar-refractivity contribution in [2.75, 3.05) is 5.32 Å². The minimum Gasteiger partial charge on any atom is -0.355 e. The van der Waals surface area contributed by atoms with Crippen LogP contribution >= 0.6 is 15.9 Å². The van der Waals surface area contributed by atoms with E-state index >= 15 is 0 Å². The third kappa shape index (κ3) is 2.53. The number of pyridine rings is 1. The predicted octanol–water partition coefficient (Wildman–Crippen LogP) is 3.73. The van der Waals surface area contributed by atoms with Gasteiger partial charge in [-0.15, -0.1) is 0 Å². The molecule has 0 aliphatic heterocycles. The fourth-order valence-corrected chi connectivity index (χ4v) is 1.51. The first kappa shape index (κ1) is 10.1. The normalized spacial score (nSPS) is 10.0. The van der Waals surface area contributed by atoms with Gasteiger partial charge < -0.3 is 5.32 Å². The highest BCUT2D eigenvalue weighted by atomic mass is 79.9. The molecule has 15 heavy (non-hydrogen) atoms. The van der Waals surface area contributed by atoms with Crippen LogP contribution in [0.5, 0.6) is 0 Å². The summed E-state index contributed by atoms with van der Waals surface area (Å²) in [7, 11) is 0. The second-order valence-corrected chi connectivity index (χ2v) is 3.84. The molecule has 2 rings (SSSR count). The zero-order valence-electron chi connectivity index (χ0n) is 7.74. The van der Waals surface area contributed by atoms with Crippen molar-refractivity contribution in [3.63, 3.8) is 0 Å². The fraction of sp³-hybridized carbons (Fsp3) is 0. The molecule has 1 heterocycles. The second-order valence-electron chi connectivity index (χ2n) is 2.99. The molecule has 0 atom stereocenters. The monoisotopic (exact) mass is 266 g/mol. The van der Waals surface area contributed by atoms with Crippen LogP contribution in [-0.4, -0.2) is 4.98 Å². The lowest BCUT2D eigenvalue weighted by molar-refractivity contribution is 0.628. The molecule has 76 valence electrons. The van der Waals surface area contributed by atoms with Crippen LogP contribution in [0.3, 0.4) is 0 Å². The summed E-state index contributed by atoms with van der Waals surface area (Å²) >= 11 is 3.37. The van der Waals surface area contributed by atoms with Gasteiger partial charge in [0.25, 0.3) is 0 Å². The standard InChI is InChI=1S/C11H8BrFN2/c12-10-7-14-6-5-11(10)15-9-3-1-8(13)2-4-9/h1-7H,(H,14,15). The number of anilines is 2. The molecular formula is C11H8BrFN2. The Hall–Kier alpha value is -1.42. The highest BCUT2D eigenvalue weighted by Gasteiger charge is 1.99. The molecule has 0 saturated heterocycles. The van der Waals surface area contributed by atoms with Gasteiger partial charge in [0.2, 0.25) is 0 Å². The SMILES string of the molecule is Fc1ccc(Nc2ccncc2Br)cc1. The Morgan fingerprint density at radius 2 is 1.87 bits per heavy atom. The Balaban J connectivity index is 2.22. The van der Waals surface area contributed by atoms with Crippen LogP contribution in [0.15, 0.2) is 47.2 Å². The average Bonchev–Trinajstić information content (AvgIpc) is 2.25. The number of benzene rings is 1. The van der Waals surface area contributed by atoms with Crippen molar-refractivity contribution >= 4 is 27.3 Å². The maximum atomic E-state index is 12.7. The number of nitrogens with zero attached hydrogens (tertiary/aromatic N) is 1. The van der Waals surface area contributed by atoms with Gasteiger partial charge in [-0.1, -0.05) is 0 Å². The summed E-state index contributed by atoms with van der Waals surface area (Å²) in [6, 6.07) is 8.03. The minimum absolute atomic E-state index is 0.241. The lowest BCUT2D eigenvalue weighted by Crippen LogP contribution is -1.91. The number of hydrogen-bond donors (Lipinski definition) is 1. The molecular weight excluding hydrogens is 259 g/mol. The molecule has 2 nitrogen and oxygen atoms in total. The Morgan fingerprint density at radius 3 is 2.53 bits per heavy atom. The van der Waals surface area contributed by atoms with Gasteiger partial charge >= 0.3 is 0 Å². The fourth-order valence-electron chi connectivity index (χ4n) is 1.17. The Morgan fingerprint density at radius 1 is 1.13 bits per heavy atom. The summed E-state index contributed by atoms with van der Waals surface area (Å²) in [6.45, 7) is 0. The molecule has 0 saturated carbocycles. The van der Waals surface area contributed by atoms with Crippen molar-refractivity contribution in [2.24, 2.45) is 0 Å². The van der Waals surface area contributed by atoms with Gasteiger partial charge in [-0.05, 0) is 46.3 Å². The number of nitrogens with one attached hydrogen (secondary N) is 1. The van der Waals surface area contributed by atoms with Crippen molar-refractivity contribution in [1.82, 2.24) is 4.98 Å². The smallest absolute Gasteiger partial charge is 0.123 e. The van der Waals surface area contributed by atoms with Crippen LogP contribution < -0.4 is 5.32 Å². The summed E-state index contributed by atoms with van der Waals surface area (Å²) in [5.41, 5.74) is 1.74. The Bertz CT molecular complexity index is 456. The lowest BCUT2D eigenvalue weighted by Gasteiger charge is -2.07. The zero-order valence-corrected chi connectivity index (χ0v) is 9.33. The molecule has 0 bridgehead atoms. The van der Waals surface area contributed by atoms with E-state index in [9.17, 15) is 4.39 Å². The molecule has 1 N–H and O–H groups in total. The van der Waals surface area contributed by atoms with Crippen molar-refractivity contribution < 1.29 is 4.39 Å². The van der Waals surface area contributed by atoms with E-state index in [-0.39, 0.29) is 5.82 Å². The summed E-state index contributed by atoms with van der Waals surface area (Å²) < 4.78 is 13.5. The molecule has 1 aromatic carbocycles. The molecule has 0 aliphatic rings. The number of hydrogen-bond acceptors (Lipinski definition) is 2. The molecule has 0 aliphatic carbocycles. The van der Waals surface area contributed by atoms with Gasteiger partial charge in [0.15, 0.2) is 0 Å². The predicted molar refractivity (Wildman–Crippen MR) is 61.6 cm³/mol. The van der Waals surface area contributed by atoms with E-state index in [0.717, 1.165) is 15.8 Å². The molecule has 0 spiro atoms. The molecule has 0 amide bonds. The lowest BCUT2D eigenvalue weighted by atomic mass is 10.3. The van der Waals surface area contributed by atoms with Gasteiger partial charge in [0.05, 0.1) is 10.2 Å². The Labute approximate surface area is 95.3 Å². The van der Waals surface area contributed by atoms with E-state index in [1.165, 1.54) is 12.1 Å². The first-order valence-corrected chi connectivity index (χ1v) is 5.17. The van der Waals surface area contributed by atoms with Crippen LogP contribution in [0.25, 0.3) is 0 Å². The third-order valence-electron chi connectivity index (χ3n) is 1.90. The largest absolute Gasteiger partial charge is 0.355 e. The maximum Gasteiger partial charge on any atom is 0.123 e. The van der Waals surface area contributed by atoms with Crippen LogP contribution in [0, 0.1) is 5.82 Å². The van der Waals surface area contributed by atoms with Crippen LogP contribution in [-0.2, 0) is 0 Å². The number of halogens is 2. The van der Waals surface area contributed by atoms with E-state index < -0.39 is 0 Å². The van der Waals surface area contributed by atoms with E-state index in [1.54, 1.807) is 24.5 Å². The Kier molecular flexibility index (Phi) is 2.97.